The Kier molecular flexibility index (Phi) is 3.00. The molecule has 0 bridgehead atoms. The van der Waals surface area contributed by atoms with Crippen molar-refractivity contribution >= 4 is 22.4 Å². The van der Waals surface area contributed by atoms with E-state index in [4.69, 9.17) is 16.3 Å². The number of aryl methyl sites for hydroxylation is 1. The molecule has 0 amide bonds. The van der Waals surface area contributed by atoms with Crippen molar-refractivity contribution in [3.8, 4) is 5.75 Å². The molecule has 1 heterocycles. The molecule has 2 nitrogen and oxygen atoms in total. The highest BCUT2D eigenvalue weighted by Crippen LogP contribution is 2.27. The second kappa shape index (κ2) is 4.19. The van der Waals surface area contributed by atoms with E-state index in [1.54, 1.807) is 0 Å². The minimum atomic E-state index is -0.195. The lowest BCUT2D eigenvalue weighted by Crippen LogP contribution is -2.22. The number of pyridine rings is 1. The number of rotatable bonds is 1. The fraction of sp³-hybridized carbons (Fsp3) is 0.357. The standard InChI is InChI=1S/C14H16ClNO/c1-9-12-6-5-11(17-14(2,3)4)7-10(12)8-13(15)16-9/h5-8H,1-4H3. The minimum Gasteiger partial charge on any atom is -0.488 e. The van der Waals surface area contributed by atoms with Crippen LogP contribution in [0, 0.1) is 6.92 Å². The van der Waals surface area contributed by atoms with Gasteiger partial charge in [-0.05, 0) is 57.3 Å². The van der Waals surface area contributed by atoms with E-state index in [0.717, 1.165) is 22.2 Å². The fourth-order valence-corrected chi connectivity index (χ4v) is 2.03. The lowest BCUT2D eigenvalue weighted by molar-refractivity contribution is 0.131. The lowest BCUT2D eigenvalue weighted by atomic mass is 10.1. The van der Waals surface area contributed by atoms with E-state index in [2.05, 4.69) is 4.98 Å². The zero-order valence-corrected chi connectivity index (χ0v) is 11.3. The first-order valence-corrected chi connectivity index (χ1v) is 5.99. The van der Waals surface area contributed by atoms with Crippen LogP contribution in [0.4, 0.5) is 0 Å². The molecule has 0 fully saturated rings. The van der Waals surface area contributed by atoms with Gasteiger partial charge in [0.2, 0.25) is 0 Å². The Morgan fingerprint density at radius 3 is 2.53 bits per heavy atom. The summed E-state index contributed by atoms with van der Waals surface area (Å²) in [5.41, 5.74) is 0.745. The lowest BCUT2D eigenvalue weighted by Gasteiger charge is -2.21. The number of hydrogen-bond acceptors (Lipinski definition) is 2. The molecule has 2 aromatic rings. The summed E-state index contributed by atoms with van der Waals surface area (Å²) >= 11 is 5.96. The summed E-state index contributed by atoms with van der Waals surface area (Å²) in [4.78, 5) is 4.23. The van der Waals surface area contributed by atoms with Crippen molar-refractivity contribution in [3.05, 3.63) is 35.1 Å². The number of fused-ring (bicyclic) bond motifs is 1. The van der Waals surface area contributed by atoms with E-state index >= 15 is 0 Å². The third-order valence-electron chi connectivity index (χ3n) is 2.39. The van der Waals surface area contributed by atoms with E-state index in [0.29, 0.717) is 5.15 Å². The quantitative estimate of drug-likeness (QED) is 0.700. The topological polar surface area (TPSA) is 22.1 Å². The maximum absolute atomic E-state index is 5.96. The Morgan fingerprint density at radius 1 is 1.18 bits per heavy atom. The van der Waals surface area contributed by atoms with E-state index in [1.165, 1.54) is 0 Å². The van der Waals surface area contributed by atoms with Crippen molar-refractivity contribution in [3.63, 3.8) is 0 Å². The number of benzene rings is 1. The van der Waals surface area contributed by atoms with Crippen LogP contribution in [0.1, 0.15) is 26.5 Å². The summed E-state index contributed by atoms with van der Waals surface area (Å²) in [6.45, 7) is 8.05. The smallest absolute Gasteiger partial charge is 0.129 e. The Labute approximate surface area is 107 Å². The molecule has 0 radical (unpaired) electrons. The van der Waals surface area contributed by atoms with Gasteiger partial charge < -0.3 is 4.74 Å². The van der Waals surface area contributed by atoms with E-state index < -0.39 is 0 Å². The van der Waals surface area contributed by atoms with Crippen LogP contribution in [0.2, 0.25) is 5.15 Å². The Bertz CT molecular complexity index is 558. The van der Waals surface area contributed by atoms with Gasteiger partial charge in [-0.25, -0.2) is 4.98 Å². The Morgan fingerprint density at radius 2 is 1.88 bits per heavy atom. The van der Waals surface area contributed by atoms with Gasteiger partial charge in [-0.2, -0.15) is 0 Å². The van der Waals surface area contributed by atoms with Crippen LogP contribution >= 0.6 is 11.6 Å². The zero-order chi connectivity index (χ0) is 12.6. The van der Waals surface area contributed by atoms with Crippen molar-refractivity contribution in [2.45, 2.75) is 33.3 Å². The van der Waals surface area contributed by atoms with Crippen LogP contribution in [0.15, 0.2) is 24.3 Å². The van der Waals surface area contributed by atoms with Crippen molar-refractivity contribution in [2.75, 3.05) is 0 Å². The van der Waals surface area contributed by atoms with Crippen LogP contribution in [0.3, 0.4) is 0 Å². The second-order valence-electron chi connectivity index (χ2n) is 5.13. The zero-order valence-electron chi connectivity index (χ0n) is 10.5. The molecule has 0 saturated carbocycles. The van der Waals surface area contributed by atoms with Gasteiger partial charge in [-0.3, -0.25) is 0 Å². The molecule has 0 spiro atoms. The molecule has 0 aliphatic carbocycles. The molecule has 3 heteroatoms. The van der Waals surface area contributed by atoms with Crippen LogP contribution in [0.25, 0.3) is 10.8 Å². The minimum absolute atomic E-state index is 0.195. The Hall–Kier alpha value is -1.28. The summed E-state index contributed by atoms with van der Waals surface area (Å²) < 4.78 is 5.83. The van der Waals surface area contributed by atoms with Crippen LogP contribution in [0.5, 0.6) is 5.75 Å². The molecule has 0 atom stereocenters. The summed E-state index contributed by atoms with van der Waals surface area (Å²) in [6, 6.07) is 7.85. The molecule has 2 rings (SSSR count). The predicted molar refractivity (Wildman–Crippen MR) is 71.9 cm³/mol. The van der Waals surface area contributed by atoms with Gasteiger partial charge in [0.15, 0.2) is 0 Å². The summed E-state index contributed by atoms with van der Waals surface area (Å²) in [5, 5.41) is 2.68. The molecular formula is C14H16ClNO. The molecule has 0 aliphatic rings. The number of hydrogen-bond donors (Lipinski definition) is 0. The van der Waals surface area contributed by atoms with Crippen molar-refractivity contribution in [2.24, 2.45) is 0 Å². The van der Waals surface area contributed by atoms with Gasteiger partial charge in [0.25, 0.3) is 0 Å². The normalized spacial score (nSPS) is 11.8. The van der Waals surface area contributed by atoms with Crippen LogP contribution in [-0.2, 0) is 0 Å². The van der Waals surface area contributed by atoms with E-state index in [-0.39, 0.29) is 5.60 Å². The monoisotopic (exact) mass is 249 g/mol. The van der Waals surface area contributed by atoms with E-state index in [9.17, 15) is 0 Å². The summed E-state index contributed by atoms with van der Waals surface area (Å²) in [5.74, 6) is 0.853. The van der Waals surface area contributed by atoms with Crippen molar-refractivity contribution < 1.29 is 4.74 Å². The van der Waals surface area contributed by atoms with Gasteiger partial charge in [-0.15, -0.1) is 0 Å². The number of nitrogens with zero attached hydrogens (tertiary/aromatic N) is 1. The molecule has 0 unspecified atom stereocenters. The second-order valence-corrected chi connectivity index (χ2v) is 5.52. The summed E-state index contributed by atoms with van der Waals surface area (Å²) in [7, 11) is 0. The molecule has 17 heavy (non-hydrogen) atoms. The highest BCUT2D eigenvalue weighted by molar-refractivity contribution is 6.30. The Balaban J connectivity index is 2.50. The average molecular weight is 250 g/mol. The summed E-state index contributed by atoms with van der Waals surface area (Å²) in [6.07, 6.45) is 0. The number of aromatic nitrogens is 1. The van der Waals surface area contributed by atoms with Crippen LogP contribution in [-0.4, -0.2) is 10.6 Å². The van der Waals surface area contributed by atoms with E-state index in [1.807, 2.05) is 52.0 Å². The SMILES string of the molecule is Cc1nc(Cl)cc2cc(OC(C)(C)C)ccc12. The molecule has 0 aliphatic heterocycles. The van der Waals surface area contributed by atoms with Gasteiger partial charge in [0.05, 0.1) is 0 Å². The highest BCUT2D eigenvalue weighted by atomic mass is 35.5. The third-order valence-corrected chi connectivity index (χ3v) is 2.58. The molecule has 1 aromatic heterocycles. The first-order chi connectivity index (χ1) is 7.85. The predicted octanol–water partition coefficient (Wildman–Crippen LogP) is 4.37. The maximum Gasteiger partial charge on any atom is 0.129 e. The molecule has 0 N–H and O–H groups in total. The third kappa shape index (κ3) is 2.89. The van der Waals surface area contributed by atoms with Crippen LogP contribution < -0.4 is 4.74 Å². The van der Waals surface area contributed by atoms with Gasteiger partial charge in [-0.1, -0.05) is 11.6 Å². The first-order valence-electron chi connectivity index (χ1n) is 5.61. The number of ether oxygens (including phenoxy) is 1. The van der Waals surface area contributed by atoms with Crippen molar-refractivity contribution in [1.82, 2.24) is 4.98 Å². The largest absolute Gasteiger partial charge is 0.488 e. The maximum atomic E-state index is 5.96. The van der Waals surface area contributed by atoms with Crippen molar-refractivity contribution in [1.29, 1.82) is 0 Å². The molecular weight excluding hydrogens is 234 g/mol. The highest BCUT2D eigenvalue weighted by Gasteiger charge is 2.12. The average Bonchev–Trinajstić information content (AvgIpc) is 2.13. The number of halogens is 1. The van der Waals surface area contributed by atoms with Gasteiger partial charge in [0, 0.05) is 11.1 Å². The molecule has 1 aromatic carbocycles. The van der Waals surface area contributed by atoms with Gasteiger partial charge >= 0.3 is 0 Å². The first kappa shape index (κ1) is 12.2. The molecule has 0 saturated heterocycles. The molecule has 90 valence electrons. The van der Waals surface area contributed by atoms with Gasteiger partial charge in [0.1, 0.15) is 16.5 Å². The fourth-order valence-electron chi connectivity index (χ4n) is 1.79.